The van der Waals surface area contributed by atoms with Crippen LogP contribution < -0.4 is 5.32 Å². The number of halogens is 1. The summed E-state index contributed by atoms with van der Waals surface area (Å²) < 4.78 is 13.5. The Hall–Kier alpha value is -0.930. The first kappa shape index (κ1) is 17.1. The van der Waals surface area contributed by atoms with E-state index in [0.29, 0.717) is 6.54 Å². The van der Waals surface area contributed by atoms with E-state index in [1.807, 2.05) is 12.1 Å². The second kappa shape index (κ2) is 10.8. The van der Waals surface area contributed by atoms with E-state index in [1.165, 1.54) is 38.2 Å². The highest BCUT2D eigenvalue weighted by Crippen LogP contribution is 2.09. The van der Waals surface area contributed by atoms with Crippen molar-refractivity contribution in [3.05, 3.63) is 35.6 Å². The third kappa shape index (κ3) is 7.61. The zero-order chi connectivity index (χ0) is 14.6. The highest BCUT2D eigenvalue weighted by molar-refractivity contribution is 5.16. The molecule has 0 amide bonds. The summed E-state index contributed by atoms with van der Waals surface area (Å²) >= 11 is 0. The minimum Gasteiger partial charge on any atom is -0.317 e. The fourth-order valence-electron chi connectivity index (χ4n) is 2.28. The van der Waals surface area contributed by atoms with Gasteiger partial charge in [-0.2, -0.15) is 0 Å². The van der Waals surface area contributed by atoms with Crippen molar-refractivity contribution in [1.29, 1.82) is 0 Å². The van der Waals surface area contributed by atoms with Gasteiger partial charge < -0.3 is 10.2 Å². The van der Waals surface area contributed by atoms with E-state index < -0.39 is 0 Å². The highest BCUT2D eigenvalue weighted by atomic mass is 19.1. The second-order valence-electron chi connectivity index (χ2n) is 5.49. The summed E-state index contributed by atoms with van der Waals surface area (Å²) in [6, 6.07) is 7.04. The summed E-state index contributed by atoms with van der Waals surface area (Å²) in [7, 11) is 2.06. The minimum absolute atomic E-state index is 0.0960. The monoisotopic (exact) mass is 280 g/mol. The van der Waals surface area contributed by atoms with Crippen LogP contribution in [0.1, 0.15) is 44.6 Å². The number of unbranched alkanes of at least 4 members (excludes halogenated alkanes) is 3. The van der Waals surface area contributed by atoms with Gasteiger partial charge in [0.15, 0.2) is 0 Å². The van der Waals surface area contributed by atoms with Crippen LogP contribution in [0.3, 0.4) is 0 Å². The molecule has 114 valence electrons. The number of nitrogens with zero attached hydrogens (tertiary/aromatic N) is 1. The third-order valence-corrected chi connectivity index (χ3v) is 3.47. The molecule has 0 aliphatic heterocycles. The number of rotatable bonds is 11. The first-order valence-corrected chi connectivity index (χ1v) is 7.86. The maximum atomic E-state index is 13.5. The topological polar surface area (TPSA) is 15.3 Å². The Kier molecular flexibility index (Phi) is 9.25. The summed E-state index contributed by atoms with van der Waals surface area (Å²) in [6.45, 7) is 6.20. The van der Waals surface area contributed by atoms with Gasteiger partial charge in [0.1, 0.15) is 5.82 Å². The van der Waals surface area contributed by atoms with Crippen molar-refractivity contribution in [3.63, 3.8) is 0 Å². The average molecular weight is 280 g/mol. The Bertz CT molecular complexity index is 355. The van der Waals surface area contributed by atoms with Gasteiger partial charge in [-0.3, -0.25) is 0 Å². The third-order valence-electron chi connectivity index (χ3n) is 3.47. The Balaban J connectivity index is 2.03. The zero-order valence-electron chi connectivity index (χ0n) is 13.0. The van der Waals surface area contributed by atoms with Gasteiger partial charge in [0.25, 0.3) is 0 Å². The van der Waals surface area contributed by atoms with E-state index >= 15 is 0 Å². The molecule has 0 aromatic heterocycles. The van der Waals surface area contributed by atoms with Crippen molar-refractivity contribution in [3.8, 4) is 0 Å². The highest BCUT2D eigenvalue weighted by Gasteiger charge is 2.04. The molecule has 0 heterocycles. The van der Waals surface area contributed by atoms with Crippen LogP contribution in [0.15, 0.2) is 24.3 Å². The first-order valence-electron chi connectivity index (χ1n) is 7.86. The predicted octanol–water partition coefficient (Wildman–Crippen LogP) is 3.82. The molecule has 0 atom stereocenters. The lowest BCUT2D eigenvalue weighted by molar-refractivity contribution is 0.311. The SMILES string of the molecule is CCCNCCCCCCN(C)Cc1ccccc1F. The van der Waals surface area contributed by atoms with E-state index in [0.717, 1.165) is 25.2 Å². The molecule has 2 nitrogen and oxygen atoms in total. The van der Waals surface area contributed by atoms with Crippen LogP contribution in [0.5, 0.6) is 0 Å². The number of hydrogen-bond donors (Lipinski definition) is 1. The molecule has 1 aromatic rings. The summed E-state index contributed by atoms with van der Waals surface area (Å²) in [4.78, 5) is 2.20. The van der Waals surface area contributed by atoms with Gasteiger partial charge in [-0.15, -0.1) is 0 Å². The minimum atomic E-state index is -0.0960. The lowest BCUT2D eigenvalue weighted by atomic mass is 10.1. The van der Waals surface area contributed by atoms with E-state index in [-0.39, 0.29) is 5.82 Å². The molecular formula is C17H29FN2. The predicted molar refractivity (Wildman–Crippen MR) is 84.4 cm³/mol. The van der Waals surface area contributed by atoms with E-state index in [4.69, 9.17) is 0 Å². The van der Waals surface area contributed by atoms with Crippen LogP contribution in [0.4, 0.5) is 4.39 Å². The van der Waals surface area contributed by atoms with Crippen molar-refractivity contribution in [1.82, 2.24) is 10.2 Å². The Labute approximate surface area is 123 Å². The summed E-state index contributed by atoms with van der Waals surface area (Å²) in [5, 5.41) is 3.42. The average Bonchev–Trinajstić information content (AvgIpc) is 2.44. The van der Waals surface area contributed by atoms with E-state index in [2.05, 4.69) is 24.2 Å². The summed E-state index contributed by atoms with van der Waals surface area (Å²) in [6.07, 6.45) is 6.20. The zero-order valence-corrected chi connectivity index (χ0v) is 13.0. The molecular weight excluding hydrogens is 251 g/mol. The largest absolute Gasteiger partial charge is 0.317 e. The standard InChI is InChI=1S/C17H29FN2/c1-3-12-19-13-8-4-5-9-14-20(2)15-16-10-6-7-11-17(16)18/h6-7,10-11,19H,3-5,8-9,12-15H2,1-2H3. The lowest BCUT2D eigenvalue weighted by Crippen LogP contribution is -2.20. The maximum Gasteiger partial charge on any atom is 0.127 e. The number of benzene rings is 1. The van der Waals surface area contributed by atoms with E-state index in [9.17, 15) is 4.39 Å². The normalized spacial score (nSPS) is 11.2. The van der Waals surface area contributed by atoms with Crippen LogP contribution in [-0.4, -0.2) is 31.6 Å². The summed E-state index contributed by atoms with van der Waals surface area (Å²) in [5.74, 6) is -0.0960. The van der Waals surface area contributed by atoms with Crippen molar-refractivity contribution in [2.75, 3.05) is 26.7 Å². The fourth-order valence-corrected chi connectivity index (χ4v) is 2.28. The molecule has 0 aliphatic carbocycles. The molecule has 0 saturated heterocycles. The van der Waals surface area contributed by atoms with Crippen LogP contribution in [0, 0.1) is 5.82 Å². The molecule has 1 rings (SSSR count). The maximum absolute atomic E-state index is 13.5. The molecule has 1 N–H and O–H groups in total. The quantitative estimate of drug-likeness (QED) is 0.620. The smallest absolute Gasteiger partial charge is 0.127 e. The summed E-state index contributed by atoms with van der Waals surface area (Å²) in [5.41, 5.74) is 0.791. The van der Waals surface area contributed by atoms with Gasteiger partial charge >= 0.3 is 0 Å². The van der Waals surface area contributed by atoms with Crippen LogP contribution in [0.2, 0.25) is 0 Å². The number of nitrogens with one attached hydrogen (secondary N) is 1. The van der Waals surface area contributed by atoms with Crippen molar-refractivity contribution >= 4 is 0 Å². The lowest BCUT2D eigenvalue weighted by Gasteiger charge is -2.17. The van der Waals surface area contributed by atoms with Crippen LogP contribution in [0.25, 0.3) is 0 Å². The molecule has 0 radical (unpaired) electrons. The molecule has 1 aromatic carbocycles. The second-order valence-corrected chi connectivity index (χ2v) is 5.49. The van der Waals surface area contributed by atoms with Crippen molar-refractivity contribution in [2.45, 2.75) is 45.6 Å². The van der Waals surface area contributed by atoms with Gasteiger partial charge in [0.2, 0.25) is 0 Å². The van der Waals surface area contributed by atoms with Gasteiger partial charge in [-0.05, 0) is 52.0 Å². The Morgan fingerprint density at radius 2 is 1.80 bits per heavy atom. The van der Waals surface area contributed by atoms with Gasteiger partial charge in [0.05, 0.1) is 0 Å². The molecule has 0 spiro atoms. The van der Waals surface area contributed by atoms with Gasteiger partial charge in [0, 0.05) is 12.1 Å². The van der Waals surface area contributed by atoms with Crippen molar-refractivity contribution in [2.24, 2.45) is 0 Å². The Morgan fingerprint density at radius 3 is 2.55 bits per heavy atom. The van der Waals surface area contributed by atoms with Gasteiger partial charge in [-0.25, -0.2) is 4.39 Å². The molecule has 0 bridgehead atoms. The van der Waals surface area contributed by atoms with Gasteiger partial charge in [-0.1, -0.05) is 38.0 Å². The number of hydrogen-bond acceptors (Lipinski definition) is 2. The Morgan fingerprint density at radius 1 is 1.05 bits per heavy atom. The molecule has 0 fully saturated rings. The molecule has 0 saturated carbocycles. The van der Waals surface area contributed by atoms with Crippen molar-refractivity contribution < 1.29 is 4.39 Å². The van der Waals surface area contributed by atoms with Crippen LogP contribution >= 0.6 is 0 Å². The fraction of sp³-hybridized carbons (Fsp3) is 0.647. The first-order chi connectivity index (χ1) is 9.74. The molecule has 20 heavy (non-hydrogen) atoms. The molecule has 0 unspecified atom stereocenters. The molecule has 0 aliphatic rings. The van der Waals surface area contributed by atoms with Crippen LogP contribution in [-0.2, 0) is 6.54 Å². The van der Waals surface area contributed by atoms with E-state index in [1.54, 1.807) is 6.07 Å². The molecule has 3 heteroatoms.